The molecule has 8 heteroatoms. The van der Waals surface area contributed by atoms with Gasteiger partial charge in [0.05, 0.1) is 0 Å². The van der Waals surface area contributed by atoms with Crippen LogP contribution < -0.4 is 0 Å². The van der Waals surface area contributed by atoms with Crippen LogP contribution in [0.4, 0.5) is 0 Å². The van der Waals surface area contributed by atoms with E-state index in [1.54, 1.807) is 0 Å². The van der Waals surface area contributed by atoms with E-state index in [2.05, 4.69) is 4.74 Å². The highest BCUT2D eigenvalue weighted by Crippen LogP contribution is 2.25. The van der Waals surface area contributed by atoms with Crippen molar-refractivity contribution in [2.24, 2.45) is 0 Å². The molecule has 82 valence electrons. The lowest BCUT2D eigenvalue weighted by Crippen LogP contribution is -2.66. The summed E-state index contributed by atoms with van der Waals surface area (Å²) in [7, 11) is 0. The van der Waals surface area contributed by atoms with Gasteiger partial charge in [0, 0.05) is 0 Å². The maximum absolute atomic E-state index is 10.4. The van der Waals surface area contributed by atoms with Gasteiger partial charge in [0.15, 0.2) is 12.2 Å². The van der Waals surface area contributed by atoms with Gasteiger partial charge >= 0.3 is 11.9 Å². The second kappa shape index (κ2) is 3.42. The standard InChI is InChI=1S/C6H10O8/c7-1-2(8)4(9)6(12,13)14-3(1)5(10)11/h1-4,7-9,12-13H,(H,10,11). The molecule has 1 heterocycles. The first-order valence-corrected chi connectivity index (χ1v) is 3.67. The monoisotopic (exact) mass is 210 g/mol. The fraction of sp³-hybridized carbons (Fsp3) is 0.833. The SMILES string of the molecule is O=C(O)C1OC(O)(O)C(O)C(O)C1O. The Morgan fingerprint density at radius 3 is 2.07 bits per heavy atom. The fourth-order valence-corrected chi connectivity index (χ4v) is 1.11. The van der Waals surface area contributed by atoms with Gasteiger partial charge in [-0.25, -0.2) is 4.79 Å². The summed E-state index contributed by atoms with van der Waals surface area (Å²) < 4.78 is 4.08. The van der Waals surface area contributed by atoms with Crippen molar-refractivity contribution in [1.29, 1.82) is 0 Å². The molecular weight excluding hydrogens is 200 g/mol. The van der Waals surface area contributed by atoms with Gasteiger partial charge in [0.1, 0.15) is 12.2 Å². The summed E-state index contributed by atoms with van der Waals surface area (Å²) in [4.78, 5) is 10.4. The Balaban J connectivity index is 2.90. The maximum atomic E-state index is 10.4. The van der Waals surface area contributed by atoms with E-state index >= 15 is 0 Å². The molecule has 1 saturated heterocycles. The Morgan fingerprint density at radius 2 is 1.64 bits per heavy atom. The maximum Gasteiger partial charge on any atom is 0.335 e. The topological polar surface area (TPSA) is 148 Å². The lowest BCUT2D eigenvalue weighted by Gasteiger charge is -2.40. The van der Waals surface area contributed by atoms with E-state index in [1.807, 2.05) is 0 Å². The molecule has 0 aromatic heterocycles. The third-order valence-corrected chi connectivity index (χ3v) is 1.91. The Labute approximate surface area is 77.6 Å². The summed E-state index contributed by atoms with van der Waals surface area (Å²) in [5.41, 5.74) is 0. The van der Waals surface area contributed by atoms with Crippen LogP contribution in [-0.4, -0.2) is 67.0 Å². The first kappa shape index (κ1) is 11.3. The zero-order valence-electron chi connectivity index (χ0n) is 6.81. The van der Waals surface area contributed by atoms with E-state index in [1.165, 1.54) is 0 Å². The molecule has 0 saturated carbocycles. The van der Waals surface area contributed by atoms with Crippen LogP contribution >= 0.6 is 0 Å². The number of aliphatic carboxylic acids is 1. The minimum Gasteiger partial charge on any atom is -0.479 e. The van der Waals surface area contributed by atoms with E-state index < -0.39 is 36.4 Å². The van der Waals surface area contributed by atoms with Crippen molar-refractivity contribution in [2.45, 2.75) is 30.4 Å². The molecule has 0 spiro atoms. The molecule has 14 heavy (non-hydrogen) atoms. The molecule has 0 aromatic rings. The van der Waals surface area contributed by atoms with Crippen LogP contribution in [0.15, 0.2) is 0 Å². The summed E-state index contributed by atoms with van der Waals surface area (Å²) in [5.74, 6) is -4.88. The highest BCUT2D eigenvalue weighted by atomic mass is 16.8. The molecule has 4 atom stereocenters. The largest absolute Gasteiger partial charge is 0.479 e. The summed E-state index contributed by atoms with van der Waals surface area (Å²) >= 11 is 0. The van der Waals surface area contributed by atoms with E-state index in [0.717, 1.165) is 0 Å². The van der Waals surface area contributed by atoms with Crippen molar-refractivity contribution < 1.29 is 40.2 Å². The number of rotatable bonds is 1. The third-order valence-electron chi connectivity index (χ3n) is 1.91. The van der Waals surface area contributed by atoms with Crippen molar-refractivity contribution >= 4 is 5.97 Å². The molecule has 0 amide bonds. The van der Waals surface area contributed by atoms with Crippen LogP contribution in [0.5, 0.6) is 0 Å². The van der Waals surface area contributed by atoms with Gasteiger partial charge in [-0.15, -0.1) is 0 Å². The van der Waals surface area contributed by atoms with E-state index in [9.17, 15) is 4.79 Å². The van der Waals surface area contributed by atoms with Gasteiger partial charge in [-0.05, 0) is 0 Å². The Kier molecular flexibility index (Phi) is 2.76. The lowest BCUT2D eigenvalue weighted by molar-refractivity contribution is -0.428. The second-order valence-electron chi connectivity index (χ2n) is 2.96. The van der Waals surface area contributed by atoms with Crippen LogP contribution in [0.1, 0.15) is 0 Å². The molecule has 1 aliphatic rings. The fourth-order valence-electron chi connectivity index (χ4n) is 1.11. The molecule has 0 aliphatic carbocycles. The van der Waals surface area contributed by atoms with Gasteiger partial charge in [-0.2, -0.15) is 0 Å². The van der Waals surface area contributed by atoms with Gasteiger partial charge in [0.25, 0.3) is 0 Å². The predicted molar refractivity (Wildman–Crippen MR) is 37.7 cm³/mol. The van der Waals surface area contributed by atoms with E-state index in [-0.39, 0.29) is 0 Å². The number of hydrogen-bond donors (Lipinski definition) is 6. The average molecular weight is 210 g/mol. The molecular formula is C6H10O8. The van der Waals surface area contributed by atoms with Crippen LogP contribution in [0, 0.1) is 0 Å². The van der Waals surface area contributed by atoms with Crippen molar-refractivity contribution in [2.75, 3.05) is 0 Å². The summed E-state index contributed by atoms with van der Waals surface area (Å²) in [6.07, 6.45) is -8.16. The van der Waals surface area contributed by atoms with Crippen molar-refractivity contribution in [3.8, 4) is 0 Å². The minimum atomic E-state index is -3.19. The second-order valence-corrected chi connectivity index (χ2v) is 2.96. The number of aliphatic hydroxyl groups excluding tert-OH is 3. The first-order valence-electron chi connectivity index (χ1n) is 3.67. The molecule has 1 fully saturated rings. The Hall–Kier alpha value is -0.770. The highest BCUT2D eigenvalue weighted by Gasteiger charge is 2.54. The minimum absolute atomic E-state index is 1.68. The third kappa shape index (κ3) is 1.71. The predicted octanol–water partition coefficient (Wildman–Crippen LogP) is -3.81. The van der Waals surface area contributed by atoms with Gasteiger partial charge in [-0.3, -0.25) is 0 Å². The van der Waals surface area contributed by atoms with Crippen molar-refractivity contribution in [3.05, 3.63) is 0 Å². The summed E-state index contributed by atoms with van der Waals surface area (Å²) in [5, 5.41) is 53.3. The van der Waals surface area contributed by atoms with Crippen molar-refractivity contribution in [1.82, 2.24) is 0 Å². The number of aliphatic hydroxyl groups is 5. The average Bonchev–Trinajstić information content (AvgIpc) is 2.08. The zero-order chi connectivity index (χ0) is 11.1. The molecule has 0 aromatic carbocycles. The quantitative estimate of drug-likeness (QED) is 0.241. The van der Waals surface area contributed by atoms with Crippen LogP contribution in [0.3, 0.4) is 0 Å². The Morgan fingerprint density at radius 1 is 1.14 bits per heavy atom. The van der Waals surface area contributed by atoms with E-state index in [4.69, 9.17) is 30.6 Å². The molecule has 1 aliphatic heterocycles. The van der Waals surface area contributed by atoms with Crippen LogP contribution in [0.25, 0.3) is 0 Å². The molecule has 4 unspecified atom stereocenters. The van der Waals surface area contributed by atoms with Gasteiger partial charge in [-0.1, -0.05) is 0 Å². The molecule has 0 bridgehead atoms. The van der Waals surface area contributed by atoms with E-state index in [0.29, 0.717) is 0 Å². The van der Waals surface area contributed by atoms with Gasteiger partial charge < -0.3 is 35.4 Å². The number of hydrogen-bond acceptors (Lipinski definition) is 7. The lowest BCUT2D eigenvalue weighted by atomic mass is 9.98. The first-order chi connectivity index (χ1) is 6.27. The normalized spacial score (nSPS) is 42.1. The molecule has 0 radical (unpaired) electrons. The molecule has 1 rings (SSSR count). The summed E-state index contributed by atoms with van der Waals surface area (Å²) in [6, 6.07) is 0. The number of carbonyl (C=O) groups is 1. The smallest absolute Gasteiger partial charge is 0.335 e. The zero-order valence-corrected chi connectivity index (χ0v) is 6.81. The van der Waals surface area contributed by atoms with Crippen molar-refractivity contribution in [3.63, 3.8) is 0 Å². The summed E-state index contributed by atoms with van der Waals surface area (Å²) in [6.45, 7) is 0. The number of carboxylic acids is 1. The molecule has 8 nitrogen and oxygen atoms in total. The highest BCUT2D eigenvalue weighted by molar-refractivity contribution is 5.73. The van der Waals surface area contributed by atoms with Crippen LogP contribution in [-0.2, 0) is 9.53 Å². The Bertz CT molecular complexity index is 238. The van der Waals surface area contributed by atoms with Gasteiger partial charge in [0.2, 0.25) is 0 Å². The van der Waals surface area contributed by atoms with Crippen LogP contribution in [0.2, 0.25) is 0 Å². The number of carboxylic acid groups (broad SMARTS) is 1. The number of ether oxygens (including phenoxy) is 1. The molecule has 6 N–H and O–H groups in total.